The summed E-state index contributed by atoms with van der Waals surface area (Å²) in [5.74, 6) is 2.77. The van der Waals surface area contributed by atoms with Crippen LogP contribution in [0.3, 0.4) is 0 Å². The van der Waals surface area contributed by atoms with Crippen molar-refractivity contribution in [3.05, 3.63) is 107 Å². The summed E-state index contributed by atoms with van der Waals surface area (Å²) in [7, 11) is 0. The summed E-state index contributed by atoms with van der Waals surface area (Å²) >= 11 is 5.91. The van der Waals surface area contributed by atoms with Gasteiger partial charge in [-0.3, -0.25) is 0 Å². The molecule has 0 atom stereocenters. The number of rotatable bonds is 10. The minimum atomic E-state index is 0.0869. The first-order valence-electron chi connectivity index (χ1n) is 12.5. The second kappa shape index (κ2) is 12.6. The molecule has 41 heavy (non-hydrogen) atoms. The number of pyridine rings is 2. The highest BCUT2D eigenvalue weighted by Crippen LogP contribution is 2.33. The van der Waals surface area contributed by atoms with Crippen molar-refractivity contribution < 1.29 is 18.6 Å². The van der Waals surface area contributed by atoms with Crippen LogP contribution in [-0.2, 0) is 6.61 Å². The number of benzene rings is 2. The standard InChI is InChI=1S/C30H23ClN6O4/c1-2-38-26-14-22(6-9-25(26)39-18-19-11-12-34-23(13-19)15-32)37-29(33)30-36-17-27(41-30)20-3-10-28(35-16-20)40-24-7-4-21(31)5-8-24/h3-14,16-17H,2,18H2,1H3,(H2,33,37). The van der Waals surface area contributed by atoms with E-state index in [0.29, 0.717) is 57.5 Å². The number of hydrogen-bond acceptors (Lipinski definition) is 9. The fourth-order valence-corrected chi connectivity index (χ4v) is 3.79. The van der Waals surface area contributed by atoms with Crippen LogP contribution in [0.4, 0.5) is 5.69 Å². The summed E-state index contributed by atoms with van der Waals surface area (Å²) in [6.07, 6.45) is 4.73. The van der Waals surface area contributed by atoms with Gasteiger partial charge in [-0.15, -0.1) is 0 Å². The Labute approximate surface area is 240 Å². The van der Waals surface area contributed by atoms with Gasteiger partial charge in [-0.2, -0.15) is 5.26 Å². The molecule has 0 aliphatic heterocycles. The summed E-state index contributed by atoms with van der Waals surface area (Å²) < 4.78 is 23.2. The Balaban J connectivity index is 1.27. The molecule has 10 nitrogen and oxygen atoms in total. The molecule has 2 aromatic carbocycles. The van der Waals surface area contributed by atoms with E-state index in [9.17, 15) is 0 Å². The van der Waals surface area contributed by atoms with Crippen molar-refractivity contribution in [3.8, 4) is 40.5 Å². The molecule has 0 saturated heterocycles. The molecule has 0 radical (unpaired) electrons. The number of nitrogens with two attached hydrogens (primary N) is 1. The van der Waals surface area contributed by atoms with Crippen molar-refractivity contribution in [1.29, 1.82) is 5.26 Å². The van der Waals surface area contributed by atoms with Crippen LogP contribution in [0.15, 0.2) is 94.7 Å². The van der Waals surface area contributed by atoms with Crippen molar-refractivity contribution in [2.75, 3.05) is 6.61 Å². The van der Waals surface area contributed by atoms with Crippen LogP contribution in [0.1, 0.15) is 24.1 Å². The Bertz CT molecular complexity index is 1710. The smallest absolute Gasteiger partial charge is 0.262 e. The van der Waals surface area contributed by atoms with Crippen LogP contribution in [0.5, 0.6) is 23.1 Å². The van der Waals surface area contributed by atoms with E-state index in [1.165, 1.54) is 0 Å². The average molecular weight is 567 g/mol. The molecule has 3 heterocycles. The lowest BCUT2D eigenvalue weighted by atomic mass is 10.2. The molecule has 5 aromatic rings. The number of ether oxygens (including phenoxy) is 3. The zero-order valence-corrected chi connectivity index (χ0v) is 22.6. The molecule has 0 unspecified atom stereocenters. The largest absolute Gasteiger partial charge is 0.490 e. The van der Waals surface area contributed by atoms with Crippen LogP contribution in [-0.4, -0.2) is 27.4 Å². The van der Waals surface area contributed by atoms with E-state index in [1.807, 2.05) is 13.0 Å². The molecule has 0 amide bonds. The van der Waals surface area contributed by atoms with E-state index < -0.39 is 0 Å². The Morgan fingerprint density at radius 3 is 2.59 bits per heavy atom. The highest BCUT2D eigenvalue weighted by Gasteiger charge is 2.13. The summed E-state index contributed by atoms with van der Waals surface area (Å²) in [5.41, 5.74) is 8.56. The number of nitriles is 1. The molecule has 3 aromatic heterocycles. The number of oxazole rings is 1. The minimum absolute atomic E-state index is 0.0869. The SMILES string of the molecule is CCOc1cc(N=C(N)c2ncc(-c3ccc(Oc4ccc(Cl)cc4)nc3)o2)ccc1OCc1ccnc(C#N)c1. The molecule has 0 aliphatic rings. The van der Waals surface area contributed by atoms with E-state index in [-0.39, 0.29) is 18.3 Å². The molecular weight excluding hydrogens is 544 g/mol. The second-order valence-electron chi connectivity index (χ2n) is 8.48. The lowest BCUT2D eigenvalue weighted by Crippen LogP contribution is -2.13. The number of amidine groups is 1. The van der Waals surface area contributed by atoms with Gasteiger partial charge >= 0.3 is 0 Å². The van der Waals surface area contributed by atoms with E-state index in [0.717, 1.165) is 5.56 Å². The van der Waals surface area contributed by atoms with Crippen LogP contribution in [0, 0.1) is 11.3 Å². The van der Waals surface area contributed by atoms with Crippen LogP contribution in [0.25, 0.3) is 11.3 Å². The molecule has 2 N–H and O–H groups in total. The second-order valence-corrected chi connectivity index (χ2v) is 8.92. The van der Waals surface area contributed by atoms with Crippen molar-refractivity contribution in [3.63, 3.8) is 0 Å². The monoisotopic (exact) mass is 566 g/mol. The Morgan fingerprint density at radius 2 is 1.83 bits per heavy atom. The van der Waals surface area contributed by atoms with Gasteiger partial charge in [-0.25, -0.2) is 19.9 Å². The van der Waals surface area contributed by atoms with Crippen molar-refractivity contribution >= 4 is 23.1 Å². The lowest BCUT2D eigenvalue weighted by molar-refractivity contribution is 0.269. The van der Waals surface area contributed by atoms with Gasteiger partial charge in [-0.1, -0.05) is 11.6 Å². The summed E-state index contributed by atoms with van der Waals surface area (Å²) in [6, 6.07) is 21.2. The van der Waals surface area contributed by atoms with Crippen LogP contribution >= 0.6 is 11.6 Å². The van der Waals surface area contributed by atoms with E-state index in [1.54, 1.807) is 85.3 Å². The van der Waals surface area contributed by atoms with Crippen molar-refractivity contribution in [2.45, 2.75) is 13.5 Å². The quantitative estimate of drug-likeness (QED) is 0.149. The van der Waals surface area contributed by atoms with Gasteiger partial charge in [0, 0.05) is 35.1 Å². The number of aliphatic imine (C=N–C) groups is 1. The number of aromatic nitrogens is 3. The van der Waals surface area contributed by atoms with Gasteiger partial charge in [0.15, 0.2) is 23.1 Å². The van der Waals surface area contributed by atoms with Gasteiger partial charge in [0.05, 0.1) is 18.5 Å². The summed E-state index contributed by atoms with van der Waals surface area (Å²) in [6.45, 7) is 2.54. The fourth-order valence-electron chi connectivity index (χ4n) is 3.66. The first-order chi connectivity index (χ1) is 20.0. The minimum Gasteiger partial charge on any atom is -0.490 e. The fraction of sp³-hybridized carbons (Fsp3) is 0.100. The first-order valence-corrected chi connectivity index (χ1v) is 12.8. The molecular formula is C30H23ClN6O4. The number of halogens is 1. The maximum atomic E-state index is 9.05. The van der Waals surface area contributed by atoms with Crippen LogP contribution < -0.4 is 19.9 Å². The van der Waals surface area contributed by atoms with Crippen molar-refractivity contribution in [1.82, 2.24) is 15.0 Å². The zero-order chi connectivity index (χ0) is 28.6. The van der Waals surface area contributed by atoms with Gasteiger partial charge in [0.2, 0.25) is 5.88 Å². The van der Waals surface area contributed by atoms with E-state index in [2.05, 4.69) is 19.9 Å². The van der Waals surface area contributed by atoms with E-state index in [4.69, 9.17) is 41.2 Å². The third kappa shape index (κ3) is 6.98. The van der Waals surface area contributed by atoms with Gasteiger partial charge in [0.1, 0.15) is 24.1 Å². The Morgan fingerprint density at radius 1 is 0.976 bits per heavy atom. The maximum absolute atomic E-state index is 9.05. The topological polar surface area (TPSA) is 142 Å². The highest BCUT2D eigenvalue weighted by molar-refractivity contribution is 6.30. The third-order valence-corrected chi connectivity index (χ3v) is 5.84. The highest BCUT2D eigenvalue weighted by atomic mass is 35.5. The Kier molecular flexibility index (Phi) is 8.38. The molecule has 11 heteroatoms. The summed E-state index contributed by atoms with van der Waals surface area (Å²) in [4.78, 5) is 17.0. The number of hydrogen-bond donors (Lipinski definition) is 1. The lowest BCUT2D eigenvalue weighted by Gasteiger charge is -2.12. The summed E-state index contributed by atoms with van der Waals surface area (Å²) in [5, 5.41) is 9.67. The van der Waals surface area contributed by atoms with Gasteiger partial charge < -0.3 is 24.4 Å². The van der Waals surface area contributed by atoms with Gasteiger partial charge in [-0.05, 0) is 67.1 Å². The normalized spacial score (nSPS) is 11.1. The molecule has 0 spiro atoms. The van der Waals surface area contributed by atoms with Crippen molar-refractivity contribution in [2.24, 2.45) is 10.7 Å². The molecule has 0 aliphatic carbocycles. The molecule has 5 rings (SSSR count). The van der Waals surface area contributed by atoms with E-state index >= 15 is 0 Å². The molecule has 0 fully saturated rings. The predicted octanol–water partition coefficient (Wildman–Crippen LogP) is 6.46. The zero-order valence-electron chi connectivity index (χ0n) is 21.8. The molecule has 204 valence electrons. The average Bonchev–Trinajstić information content (AvgIpc) is 3.49. The maximum Gasteiger partial charge on any atom is 0.262 e. The number of nitrogens with zero attached hydrogens (tertiary/aromatic N) is 5. The molecule has 0 saturated carbocycles. The van der Waals surface area contributed by atoms with Gasteiger partial charge in [0.25, 0.3) is 5.89 Å². The predicted molar refractivity (Wildman–Crippen MR) is 153 cm³/mol. The first kappa shape index (κ1) is 27.2. The Hall–Kier alpha value is -5.40. The van der Waals surface area contributed by atoms with Crippen LogP contribution in [0.2, 0.25) is 5.02 Å². The molecule has 0 bridgehead atoms. The third-order valence-electron chi connectivity index (χ3n) is 5.59.